The highest BCUT2D eigenvalue weighted by atomic mass is 15.1. The highest BCUT2D eigenvalue weighted by Gasteiger charge is 2.51. The van der Waals surface area contributed by atoms with Gasteiger partial charge in [-0.25, -0.2) is 0 Å². The molecule has 4 bridgehead atoms. The first kappa shape index (κ1) is 32.5. The monoisotopic (exact) mass is 707 g/mol. The molecule has 1 nitrogen and oxygen atoms in total. The molecule has 0 atom stereocenters. The Bertz CT molecular complexity index is 2640. The van der Waals surface area contributed by atoms with E-state index in [9.17, 15) is 0 Å². The molecule has 1 heteroatoms. The Morgan fingerprint density at radius 1 is 0.382 bits per heavy atom. The van der Waals surface area contributed by atoms with Crippen LogP contribution in [0.15, 0.2) is 182 Å². The van der Waals surface area contributed by atoms with Crippen LogP contribution < -0.4 is 4.90 Å². The van der Waals surface area contributed by atoms with Crippen LogP contribution in [0.3, 0.4) is 0 Å². The Morgan fingerprint density at radius 2 is 0.982 bits per heavy atom. The van der Waals surface area contributed by atoms with E-state index >= 15 is 0 Å². The van der Waals surface area contributed by atoms with E-state index in [2.05, 4.69) is 187 Å². The van der Waals surface area contributed by atoms with Gasteiger partial charge in [-0.15, -0.1) is 0 Å². The van der Waals surface area contributed by atoms with Gasteiger partial charge in [-0.05, 0) is 159 Å². The average Bonchev–Trinajstić information content (AvgIpc) is 3.24. The number of hydrogen-bond donors (Lipinski definition) is 0. The molecule has 0 unspecified atom stereocenters. The molecule has 0 aliphatic heterocycles. The van der Waals surface area contributed by atoms with Gasteiger partial charge in [-0.2, -0.15) is 0 Å². The fourth-order valence-electron chi connectivity index (χ4n) is 11.4. The van der Waals surface area contributed by atoms with Gasteiger partial charge < -0.3 is 4.90 Å². The lowest BCUT2D eigenvalue weighted by atomic mass is 9.48. The first-order valence-corrected chi connectivity index (χ1v) is 20.3. The van der Waals surface area contributed by atoms with E-state index in [1.165, 1.54) is 105 Å². The summed E-state index contributed by atoms with van der Waals surface area (Å²) in [6.07, 6.45) is 8.54. The lowest BCUT2D eigenvalue weighted by Crippen LogP contribution is -2.48. The number of benzene rings is 8. The molecule has 0 amide bonds. The van der Waals surface area contributed by atoms with Gasteiger partial charge in [0.05, 0.1) is 5.69 Å². The van der Waals surface area contributed by atoms with E-state index in [0.29, 0.717) is 5.41 Å². The molecule has 0 saturated heterocycles. The second-order valence-electron chi connectivity index (χ2n) is 16.8. The van der Waals surface area contributed by atoms with Crippen LogP contribution in [0.25, 0.3) is 54.9 Å². The van der Waals surface area contributed by atoms with Gasteiger partial charge in [0.15, 0.2) is 0 Å². The van der Waals surface area contributed by atoms with Gasteiger partial charge in [0.1, 0.15) is 0 Å². The second kappa shape index (κ2) is 13.1. The van der Waals surface area contributed by atoms with E-state index in [4.69, 9.17) is 0 Å². The number of rotatable bonds is 7. The lowest BCUT2D eigenvalue weighted by Gasteiger charge is -2.57. The maximum absolute atomic E-state index is 2.51. The van der Waals surface area contributed by atoms with Gasteiger partial charge in [0, 0.05) is 16.9 Å². The fourth-order valence-corrected chi connectivity index (χ4v) is 11.4. The van der Waals surface area contributed by atoms with Crippen LogP contribution in [0.2, 0.25) is 0 Å². The molecule has 55 heavy (non-hydrogen) atoms. The van der Waals surface area contributed by atoms with E-state index in [1.54, 1.807) is 5.56 Å². The highest BCUT2D eigenvalue weighted by molar-refractivity contribution is 6.14. The smallest absolute Gasteiger partial charge is 0.0540 e. The Kier molecular flexibility index (Phi) is 7.76. The summed E-state index contributed by atoms with van der Waals surface area (Å²) in [5.41, 5.74) is 12.8. The van der Waals surface area contributed by atoms with Crippen molar-refractivity contribution in [2.24, 2.45) is 17.8 Å². The summed E-state index contributed by atoms with van der Waals surface area (Å²) in [5, 5.41) is 5.13. The molecule has 12 rings (SSSR count). The van der Waals surface area contributed by atoms with Crippen molar-refractivity contribution in [3.05, 3.63) is 188 Å². The molecule has 4 saturated carbocycles. The summed E-state index contributed by atoms with van der Waals surface area (Å²) < 4.78 is 0. The van der Waals surface area contributed by atoms with Crippen LogP contribution in [-0.2, 0) is 5.41 Å². The van der Waals surface area contributed by atoms with Crippen molar-refractivity contribution in [3.8, 4) is 33.4 Å². The van der Waals surface area contributed by atoms with Crippen LogP contribution in [-0.4, -0.2) is 0 Å². The van der Waals surface area contributed by atoms with Crippen molar-refractivity contribution in [2.45, 2.75) is 43.9 Å². The zero-order chi connectivity index (χ0) is 36.3. The van der Waals surface area contributed by atoms with Crippen molar-refractivity contribution in [1.29, 1.82) is 0 Å². The van der Waals surface area contributed by atoms with Crippen LogP contribution in [0.5, 0.6) is 0 Å². The third-order valence-corrected chi connectivity index (χ3v) is 13.4. The minimum atomic E-state index is 0.363. The number of anilines is 3. The molecule has 266 valence electrons. The van der Waals surface area contributed by atoms with Crippen LogP contribution in [0.4, 0.5) is 17.1 Å². The molecule has 0 radical (unpaired) electrons. The minimum absolute atomic E-state index is 0.363. The summed E-state index contributed by atoms with van der Waals surface area (Å²) in [6, 6.07) is 67.8. The summed E-state index contributed by atoms with van der Waals surface area (Å²) in [7, 11) is 0. The quantitative estimate of drug-likeness (QED) is 0.149. The van der Waals surface area contributed by atoms with Crippen LogP contribution in [0, 0.1) is 17.8 Å². The highest BCUT2D eigenvalue weighted by Crippen LogP contribution is 2.61. The largest absolute Gasteiger partial charge is 0.310 e. The van der Waals surface area contributed by atoms with Gasteiger partial charge in [0.25, 0.3) is 0 Å². The van der Waals surface area contributed by atoms with Crippen molar-refractivity contribution in [2.75, 3.05) is 4.90 Å². The third-order valence-electron chi connectivity index (χ3n) is 13.4. The van der Waals surface area contributed by atoms with Crippen molar-refractivity contribution < 1.29 is 0 Å². The summed E-state index contributed by atoms with van der Waals surface area (Å²) in [4.78, 5) is 2.51. The molecule has 0 heterocycles. The Hall–Kier alpha value is -5.92. The third kappa shape index (κ3) is 5.68. The van der Waals surface area contributed by atoms with E-state index < -0.39 is 0 Å². The van der Waals surface area contributed by atoms with Crippen molar-refractivity contribution >= 4 is 38.6 Å². The molecule has 0 spiro atoms. The number of nitrogens with zero attached hydrogens (tertiary/aromatic N) is 1. The van der Waals surface area contributed by atoms with E-state index in [1.807, 2.05) is 0 Å². The zero-order valence-electron chi connectivity index (χ0n) is 31.2. The summed E-state index contributed by atoms with van der Waals surface area (Å²) >= 11 is 0. The first-order valence-electron chi connectivity index (χ1n) is 20.3. The molecule has 0 aromatic heterocycles. The van der Waals surface area contributed by atoms with Crippen LogP contribution in [0.1, 0.15) is 44.1 Å². The van der Waals surface area contributed by atoms with Gasteiger partial charge in [-0.3, -0.25) is 0 Å². The lowest BCUT2D eigenvalue weighted by molar-refractivity contribution is -0.00518. The normalized spacial score (nSPS) is 21.3. The SMILES string of the molecule is c1ccc(-c2ccc(N(c3ccc(C45CC6CC(CC(C6)C4)C5)cc3)c3cccc(-c4cc5ccccc5c5ccccc45)c3)c(-c3ccccc3)c2)cc1. The summed E-state index contributed by atoms with van der Waals surface area (Å²) in [6.45, 7) is 0. The Labute approximate surface area is 324 Å². The van der Waals surface area contributed by atoms with Gasteiger partial charge >= 0.3 is 0 Å². The predicted molar refractivity (Wildman–Crippen MR) is 232 cm³/mol. The molecule has 8 aromatic carbocycles. The van der Waals surface area contributed by atoms with Gasteiger partial charge in [-0.1, -0.05) is 140 Å². The van der Waals surface area contributed by atoms with E-state index in [0.717, 1.165) is 23.4 Å². The Balaban J connectivity index is 1.09. The van der Waals surface area contributed by atoms with E-state index in [-0.39, 0.29) is 0 Å². The molecule has 0 N–H and O–H groups in total. The number of fused-ring (bicyclic) bond motifs is 3. The van der Waals surface area contributed by atoms with Crippen LogP contribution >= 0.6 is 0 Å². The molecule has 4 aliphatic carbocycles. The zero-order valence-corrected chi connectivity index (χ0v) is 31.2. The maximum atomic E-state index is 2.51. The average molecular weight is 708 g/mol. The molecule has 4 aliphatic rings. The Morgan fingerprint density at radius 3 is 1.69 bits per heavy atom. The first-order chi connectivity index (χ1) is 27.2. The molecular weight excluding hydrogens is 663 g/mol. The topological polar surface area (TPSA) is 3.24 Å². The fraction of sp³-hybridized carbons (Fsp3) is 0.185. The second-order valence-corrected chi connectivity index (χ2v) is 16.8. The minimum Gasteiger partial charge on any atom is -0.310 e. The standard InChI is InChI=1S/C54H45N/c1-3-12-40(13-4-1)42-22-27-53(52(32-42)41-14-5-2-6-15-41)55(46-25-23-45(24-26-46)54-34-37-28-38(35-54)30-39(29-37)36-54)47-18-11-17-43(31-47)51-33-44-16-7-8-19-48(44)49-20-9-10-21-50(49)51/h1-27,31-33,37-39H,28-30,34-36H2. The predicted octanol–water partition coefficient (Wildman–Crippen LogP) is 14.9. The van der Waals surface area contributed by atoms with Crippen molar-refractivity contribution in [1.82, 2.24) is 0 Å². The molecule has 8 aromatic rings. The maximum Gasteiger partial charge on any atom is 0.0540 e. The summed E-state index contributed by atoms with van der Waals surface area (Å²) in [5.74, 6) is 2.77. The molecule has 4 fully saturated rings. The molecular formula is C54H45N. The van der Waals surface area contributed by atoms with Crippen molar-refractivity contribution in [3.63, 3.8) is 0 Å². The van der Waals surface area contributed by atoms with Gasteiger partial charge in [0.2, 0.25) is 0 Å². The number of hydrogen-bond acceptors (Lipinski definition) is 1.